The standard InChI is InChI=1S/C14H11ClN2O5/c1-8-2-4-10(13(18)16-8)14(19)22-7-9-3-5-11(15)12(6-9)17(20)21/h2-6H,7H2,1H3,(H,16,18). The van der Waals surface area contributed by atoms with Crippen LogP contribution in [-0.2, 0) is 11.3 Å². The molecule has 0 saturated heterocycles. The van der Waals surface area contributed by atoms with Crippen LogP contribution in [0.1, 0.15) is 21.6 Å². The Morgan fingerprint density at radius 3 is 2.73 bits per heavy atom. The second kappa shape index (κ2) is 6.40. The van der Waals surface area contributed by atoms with Crippen molar-refractivity contribution in [1.82, 2.24) is 4.98 Å². The Bertz CT molecular complexity index is 800. The van der Waals surface area contributed by atoms with Crippen molar-refractivity contribution in [2.75, 3.05) is 0 Å². The number of nitro groups is 1. The fourth-order valence-corrected chi connectivity index (χ4v) is 1.93. The fourth-order valence-electron chi connectivity index (χ4n) is 1.75. The predicted octanol–water partition coefficient (Wildman–Crippen LogP) is 2.60. The largest absolute Gasteiger partial charge is 0.457 e. The number of hydrogen-bond donors (Lipinski definition) is 1. The summed E-state index contributed by atoms with van der Waals surface area (Å²) in [7, 11) is 0. The van der Waals surface area contributed by atoms with Crippen LogP contribution in [0.25, 0.3) is 0 Å². The molecule has 0 radical (unpaired) electrons. The van der Waals surface area contributed by atoms with Gasteiger partial charge >= 0.3 is 5.97 Å². The van der Waals surface area contributed by atoms with Crippen molar-refractivity contribution >= 4 is 23.3 Å². The summed E-state index contributed by atoms with van der Waals surface area (Å²) in [4.78, 5) is 36.1. The van der Waals surface area contributed by atoms with E-state index in [1.807, 2.05) is 0 Å². The van der Waals surface area contributed by atoms with Crippen molar-refractivity contribution in [3.05, 3.63) is 72.6 Å². The third-order valence-corrected chi connectivity index (χ3v) is 3.17. The number of carbonyl (C=O) groups is 1. The first kappa shape index (κ1) is 15.7. The van der Waals surface area contributed by atoms with Gasteiger partial charge in [-0.15, -0.1) is 0 Å². The highest BCUT2D eigenvalue weighted by atomic mass is 35.5. The number of aryl methyl sites for hydroxylation is 1. The summed E-state index contributed by atoms with van der Waals surface area (Å²) < 4.78 is 4.98. The molecule has 0 aliphatic rings. The zero-order valence-corrected chi connectivity index (χ0v) is 12.2. The highest BCUT2D eigenvalue weighted by Crippen LogP contribution is 2.25. The molecule has 0 aliphatic heterocycles. The number of aromatic amines is 1. The summed E-state index contributed by atoms with van der Waals surface area (Å²) in [6, 6.07) is 7.00. The second-order valence-electron chi connectivity index (χ2n) is 4.50. The number of rotatable bonds is 4. The highest BCUT2D eigenvalue weighted by molar-refractivity contribution is 6.32. The van der Waals surface area contributed by atoms with Crippen LogP contribution in [-0.4, -0.2) is 15.9 Å². The Kier molecular flexibility index (Phi) is 4.57. The highest BCUT2D eigenvalue weighted by Gasteiger charge is 2.15. The quantitative estimate of drug-likeness (QED) is 0.529. The summed E-state index contributed by atoms with van der Waals surface area (Å²) >= 11 is 5.69. The molecule has 1 aromatic heterocycles. The van der Waals surface area contributed by atoms with E-state index in [-0.39, 0.29) is 22.9 Å². The maximum atomic E-state index is 11.8. The van der Waals surface area contributed by atoms with Crippen LogP contribution >= 0.6 is 11.6 Å². The van der Waals surface area contributed by atoms with Crippen LogP contribution in [0.3, 0.4) is 0 Å². The lowest BCUT2D eigenvalue weighted by molar-refractivity contribution is -0.384. The van der Waals surface area contributed by atoms with E-state index in [2.05, 4.69) is 4.98 Å². The predicted molar refractivity (Wildman–Crippen MR) is 79.0 cm³/mol. The summed E-state index contributed by atoms with van der Waals surface area (Å²) in [6.45, 7) is 1.48. The van der Waals surface area contributed by atoms with E-state index in [9.17, 15) is 19.7 Å². The number of benzene rings is 1. The first-order chi connectivity index (χ1) is 10.4. The number of halogens is 1. The van der Waals surface area contributed by atoms with Crippen molar-refractivity contribution in [3.63, 3.8) is 0 Å². The first-order valence-electron chi connectivity index (χ1n) is 6.18. The molecule has 1 N–H and O–H groups in total. The molecule has 0 spiro atoms. The van der Waals surface area contributed by atoms with E-state index in [0.717, 1.165) is 0 Å². The number of pyridine rings is 1. The van der Waals surface area contributed by atoms with Gasteiger partial charge in [0.2, 0.25) is 0 Å². The third-order valence-electron chi connectivity index (χ3n) is 2.85. The average Bonchev–Trinajstić information content (AvgIpc) is 2.45. The molecule has 0 atom stereocenters. The van der Waals surface area contributed by atoms with Gasteiger partial charge in [0.05, 0.1) is 4.92 Å². The number of H-pyrrole nitrogens is 1. The fraction of sp³-hybridized carbons (Fsp3) is 0.143. The zero-order valence-electron chi connectivity index (χ0n) is 11.5. The number of nitrogens with one attached hydrogen (secondary N) is 1. The third kappa shape index (κ3) is 3.50. The number of ether oxygens (including phenoxy) is 1. The van der Waals surface area contributed by atoms with Gasteiger partial charge in [-0.2, -0.15) is 0 Å². The molecule has 114 valence electrons. The molecule has 0 bridgehead atoms. The van der Waals surface area contributed by atoms with E-state index in [4.69, 9.17) is 16.3 Å². The van der Waals surface area contributed by atoms with Crippen LogP contribution in [0.5, 0.6) is 0 Å². The van der Waals surface area contributed by atoms with Gasteiger partial charge in [-0.05, 0) is 30.7 Å². The molecule has 22 heavy (non-hydrogen) atoms. The summed E-state index contributed by atoms with van der Waals surface area (Å²) in [5.41, 5.74) is 0.0624. The maximum absolute atomic E-state index is 11.8. The minimum absolute atomic E-state index is 0.00458. The van der Waals surface area contributed by atoms with E-state index in [0.29, 0.717) is 11.3 Å². The minimum atomic E-state index is -0.807. The summed E-state index contributed by atoms with van der Waals surface area (Å²) in [5.74, 6) is -0.807. The molecule has 0 saturated carbocycles. The van der Waals surface area contributed by atoms with Crippen molar-refractivity contribution in [1.29, 1.82) is 0 Å². The Balaban J connectivity index is 2.13. The van der Waals surface area contributed by atoms with Gasteiger partial charge in [-0.3, -0.25) is 14.9 Å². The van der Waals surface area contributed by atoms with Gasteiger partial charge < -0.3 is 9.72 Å². The van der Waals surface area contributed by atoms with Gasteiger partial charge in [-0.1, -0.05) is 17.7 Å². The molecule has 8 heteroatoms. The molecular weight excluding hydrogens is 312 g/mol. The molecule has 0 unspecified atom stereocenters. The zero-order chi connectivity index (χ0) is 16.3. The van der Waals surface area contributed by atoms with E-state index in [1.165, 1.54) is 24.3 Å². The Morgan fingerprint density at radius 1 is 1.36 bits per heavy atom. The number of nitrogens with zero attached hydrogens (tertiary/aromatic N) is 1. The van der Waals surface area contributed by atoms with Crippen molar-refractivity contribution in [2.24, 2.45) is 0 Å². The average molecular weight is 323 g/mol. The van der Waals surface area contributed by atoms with Crippen LogP contribution in [0.2, 0.25) is 5.02 Å². The molecule has 2 aromatic rings. The van der Waals surface area contributed by atoms with E-state index < -0.39 is 16.5 Å². The SMILES string of the molecule is Cc1ccc(C(=O)OCc2ccc(Cl)c([N+](=O)[O-])c2)c(=O)[nH]1. The van der Waals surface area contributed by atoms with Crippen LogP contribution in [0.15, 0.2) is 35.1 Å². The topological polar surface area (TPSA) is 102 Å². The normalized spacial score (nSPS) is 10.3. The second-order valence-corrected chi connectivity index (χ2v) is 4.91. The number of carbonyl (C=O) groups excluding carboxylic acids is 1. The lowest BCUT2D eigenvalue weighted by Gasteiger charge is -2.05. The number of aromatic nitrogens is 1. The summed E-state index contributed by atoms with van der Waals surface area (Å²) in [6.07, 6.45) is 0. The van der Waals surface area contributed by atoms with Crippen LogP contribution in [0, 0.1) is 17.0 Å². The van der Waals surface area contributed by atoms with E-state index in [1.54, 1.807) is 13.0 Å². The summed E-state index contributed by atoms with van der Waals surface area (Å²) in [5, 5.41) is 10.8. The Morgan fingerprint density at radius 2 is 2.09 bits per heavy atom. The molecule has 1 heterocycles. The van der Waals surface area contributed by atoms with Gasteiger partial charge in [-0.25, -0.2) is 4.79 Å². The van der Waals surface area contributed by atoms with Gasteiger partial charge in [0, 0.05) is 11.8 Å². The Hall–Kier alpha value is -2.67. The lowest BCUT2D eigenvalue weighted by atomic mass is 10.2. The van der Waals surface area contributed by atoms with Crippen LogP contribution < -0.4 is 5.56 Å². The number of hydrogen-bond acceptors (Lipinski definition) is 5. The first-order valence-corrected chi connectivity index (χ1v) is 6.56. The molecular formula is C14H11ClN2O5. The van der Waals surface area contributed by atoms with Crippen molar-refractivity contribution in [3.8, 4) is 0 Å². The molecule has 0 amide bonds. The smallest absolute Gasteiger partial charge is 0.344 e. The lowest BCUT2D eigenvalue weighted by Crippen LogP contribution is -2.19. The number of esters is 1. The molecule has 7 nitrogen and oxygen atoms in total. The maximum Gasteiger partial charge on any atom is 0.344 e. The van der Waals surface area contributed by atoms with Crippen molar-refractivity contribution in [2.45, 2.75) is 13.5 Å². The Labute approximate surface area is 129 Å². The van der Waals surface area contributed by atoms with E-state index >= 15 is 0 Å². The molecule has 2 rings (SSSR count). The molecule has 1 aromatic carbocycles. The monoisotopic (exact) mass is 322 g/mol. The molecule has 0 fully saturated rings. The van der Waals surface area contributed by atoms with Gasteiger partial charge in [0.15, 0.2) is 0 Å². The van der Waals surface area contributed by atoms with Gasteiger partial charge in [0.1, 0.15) is 17.2 Å². The van der Waals surface area contributed by atoms with Gasteiger partial charge in [0.25, 0.3) is 11.2 Å². The van der Waals surface area contributed by atoms with Crippen LogP contribution in [0.4, 0.5) is 5.69 Å². The number of nitro benzene ring substituents is 1. The molecule has 0 aliphatic carbocycles. The minimum Gasteiger partial charge on any atom is -0.457 e. The van der Waals surface area contributed by atoms with Crippen molar-refractivity contribution < 1.29 is 14.5 Å².